The lowest BCUT2D eigenvalue weighted by atomic mass is 10.1. The molecule has 13 heavy (non-hydrogen) atoms. The zero-order valence-electron chi connectivity index (χ0n) is 6.84. The van der Waals surface area contributed by atoms with E-state index in [1.807, 2.05) is 6.07 Å². The molecule has 0 fully saturated rings. The third-order valence-electron chi connectivity index (χ3n) is 1.41. The van der Waals surface area contributed by atoms with Gasteiger partial charge in [0.05, 0.1) is 6.26 Å². The third-order valence-corrected chi connectivity index (χ3v) is 1.41. The highest BCUT2D eigenvalue weighted by Crippen LogP contribution is 2.00. The average Bonchev–Trinajstić information content (AvgIpc) is 2.19. The summed E-state index contributed by atoms with van der Waals surface area (Å²) < 4.78 is 4.24. The van der Waals surface area contributed by atoms with Gasteiger partial charge in [-0.2, -0.15) is 0 Å². The first-order valence-electron chi connectivity index (χ1n) is 3.69. The van der Waals surface area contributed by atoms with Crippen LogP contribution in [-0.2, 0) is 9.53 Å². The number of hydrogen-bond donors (Lipinski definition) is 0. The van der Waals surface area contributed by atoms with E-state index in [0.29, 0.717) is 5.56 Å². The summed E-state index contributed by atoms with van der Waals surface area (Å²) in [7, 11) is 0. The molecule has 66 valence electrons. The molecule has 3 heteroatoms. The second-order valence-corrected chi connectivity index (χ2v) is 2.27. The van der Waals surface area contributed by atoms with E-state index in [0.717, 1.165) is 6.26 Å². The molecule has 0 N–H and O–H groups in total. The smallest absolute Gasteiger partial charge is 0.297 e. The summed E-state index contributed by atoms with van der Waals surface area (Å²) >= 11 is 0. The average molecular weight is 176 g/mol. The molecule has 0 saturated carbocycles. The van der Waals surface area contributed by atoms with Crippen LogP contribution in [0, 0.1) is 0 Å². The Morgan fingerprint density at radius 1 is 1.23 bits per heavy atom. The van der Waals surface area contributed by atoms with Gasteiger partial charge in [-0.1, -0.05) is 30.3 Å². The van der Waals surface area contributed by atoms with Crippen LogP contribution in [0.25, 0.3) is 0 Å². The lowest BCUT2D eigenvalue weighted by Crippen LogP contribution is -1.93. The summed E-state index contributed by atoms with van der Waals surface area (Å²) in [5.74, 6) is -0.192. The van der Waals surface area contributed by atoms with Gasteiger partial charge in [-0.25, -0.2) is 0 Å². The van der Waals surface area contributed by atoms with Gasteiger partial charge in [0.15, 0.2) is 5.78 Å². The van der Waals surface area contributed by atoms with Crippen LogP contribution in [0.15, 0.2) is 42.7 Å². The van der Waals surface area contributed by atoms with E-state index in [2.05, 4.69) is 4.74 Å². The Labute approximate surface area is 75.6 Å². The van der Waals surface area contributed by atoms with Gasteiger partial charge in [-0.15, -0.1) is 0 Å². The second kappa shape index (κ2) is 4.87. The Hall–Kier alpha value is -1.90. The molecule has 0 radical (unpaired) electrons. The van der Waals surface area contributed by atoms with Gasteiger partial charge in [-0.05, 0) is 0 Å². The van der Waals surface area contributed by atoms with Crippen molar-refractivity contribution in [2.75, 3.05) is 0 Å². The van der Waals surface area contributed by atoms with E-state index < -0.39 is 0 Å². The largest absolute Gasteiger partial charge is 0.437 e. The topological polar surface area (TPSA) is 43.4 Å². The number of ether oxygens (including phenoxy) is 1. The van der Waals surface area contributed by atoms with E-state index in [1.165, 1.54) is 6.08 Å². The number of carbonyl (C=O) groups is 2. The Balaban J connectivity index is 2.64. The summed E-state index contributed by atoms with van der Waals surface area (Å²) in [6.07, 6.45) is 2.26. The maximum atomic E-state index is 11.2. The van der Waals surface area contributed by atoms with Gasteiger partial charge in [0.1, 0.15) is 0 Å². The van der Waals surface area contributed by atoms with E-state index in [1.54, 1.807) is 24.3 Å². The van der Waals surface area contributed by atoms with Crippen molar-refractivity contribution >= 4 is 12.3 Å². The minimum absolute atomic E-state index is 0.192. The summed E-state index contributed by atoms with van der Waals surface area (Å²) in [4.78, 5) is 21.0. The fraction of sp³-hybridized carbons (Fsp3) is 0. The summed E-state index contributed by atoms with van der Waals surface area (Å²) in [6.45, 7) is 0.259. The van der Waals surface area contributed by atoms with Crippen molar-refractivity contribution in [3.05, 3.63) is 48.2 Å². The molecule has 0 aliphatic carbocycles. The highest BCUT2D eigenvalue weighted by Gasteiger charge is 1.98. The first-order chi connectivity index (χ1) is 6.34. The highest BCUT2D eigenvalue weighted by molar-refractivity contribution is 6.04. The summed E-state index contributed by atoms with van der Waals surface area (Å²) in [6, 6.07) is 8.73. The first-order valence-corrected chi connectivity index (χ1v) is 3.69. The van der Waals surface area contributed by atoms with Gasteiger partial charge < -0.3 is 4.74 Å². The van der Waals surface area contributed by atoms with E-state index in [4.69, 9.17) is 0 Å². The van der Waals surface area contributed by atoms with Crippen LogP contribution < -0.4 is 0 Å². The van der Waals surface area contributed by atoms with Gasteiger partial charge >= 0.3 is 0 Å². The Kier molecular flexibility index (Phi) is 3.45. The molecule has 0 bridgehead atoms. The zero-order valence-corrected chi connectivity index (χ0v) is 6.84. The molecule has 0 atom stereocenters. The molecule has 0 heterocycles. The molecule has 0 amide bonds. The van der Waals surface area contributed by atoms with Gasteiger partial charge in [0.25, 0.3) is 6.47 Å². The van der Waals surface area contributed by atoms with Crippen molar-refractivity contribution in [3.8, 4) is 0 Å². The van der Waals surface area contributed by atoms with Crippen LogP contribution >= 0.6 is 0 Å². The highest BCUT2D eigenvalue weighted by atomic mass is 16.5. The van der Waals surface area contributed by atoms with Crippen molar-refractivity contribution in [1.29, 1.82) is 0 Å². The van der Waals surface area contributed by atoms with Crippen molar-refractivity contribution in [2.45, 2.75) is 0 Å². The molecule has 1 aromatic carbocycles. The standard InChI is InChI=1S/C10H8O3/c11-8-13-7-6-10(12)9-4-2-1-3-5-9/h1-8H/b7-6+. The van der Waals surface area contributed by atoms with Gasteiger partial charge in [0, 0.05) is 11.6 Å². The maximum Gasteiger partial charge on any atom is 0.297 e. The molecular formula is C10H8O3. The quantitative estimate of drug-likeness (QED) is 0.302. The molecule has 1 aromatic rings. The normalized spacial score (nSPS) is 9.85. The van der Waals surface area contributed by atoms with Crippen LogP contribution in [0.4, 0.5) is 0 Å². The Morgan fingerprint density at radius 2 is 1.92 bits per heavy atom. The van der Waals surface area contributed by atoms with Crippen LogP contribution in [0.1, 0.15) is 10.4 Å². The molecule has 0 spiro atoms. The Morgan fingerprint density at radius 3 is 2.54 bits per heavy atom. The molecule has 0 aliphatic heterocycles. The predicted octanol–water partition coefficient (Wildman–Crippen LogP) is 1.56. The maximum absolute atomic E-state index is 11.2. The fourth-order valence-corrected chi connectivity index (χ4v) is 0.832. The number of rotatable bonds is 4. The predicted molar refractivity (Wildman–Crippen MR) is 47.1 cm³/mol. The lowest BCUT2D eigenvalue weighted by Gasteiger charge is -1.92. The monoisotopic (exact) mass is 176 g/mol. The van der Waals surface area contributed by atoms with Crippen LogP contribution in [-0.4, -0.2) is 12.3 Å². The van der Waals surface area contributed by atoms with E-state index in [9.17, 15) is 9.59 Å². The van der Waals surface area contributed by atoms with Crippen LogP contribution in [0.5, 0.6) is 0 Å². The zero-order chi connectivity index (χ0) is 9.52. The van der Waals surface area contributed by atoms with Gasteiger partial charge in [0.2, 0.25) is 0 Å². The summed E-state index contributed by atoms with van der Waals surface area (Å²) in [5.41, 5.74) is 0.563. The van der Waals surface area contributed by atoms with Crippen molar-refractivity contribution in [3.63, 3.8) is 0 Å². The molecular weight excluding hydrogens is 168 g/mol. The lowest BCUT2D eigenvalue weighted by molar-refractivity contribution is -0.123. The molecule has 0 saturated heterocycles. The second-order valence-electron chi connectivity index (χ2n) is 2.27. The number of carbonyl (C=O) groups excluding carboxylic acids is 2. The molecule has 0 aromatic heterocycles. The minimum atomic E-state index is -0.192. The summed E-state index contributed by atoms with van der Waals surface area (Å²) in [5, 5.41) is 0. The van der Waals surface area contributed by atoms with Gasteiger partial charge in [-0.3, -0.25) is 9.59 Å². The number of hydrogen-bond acceptors (Lipinski definition) is 3. The molecule has 3 nitrogen and oxygen atoms in total. The number of allylic oxidation sites excluding steroid dienone is 1. The van der Waals surface area contributed by atoms with E-state index in [-0.39, 0.29) is 12.3 Å². The molecule has 1 rings (SSSR count). The third kappa shape index (κ3) is 2.91. The number of ketones is 1. The van der Waals surface area contributed by atoms with Crippen molar-refractivity contribution in [1.82, 2.24) is 0 Å². The molecule has 0 aliphatic rings. The molecule has 0 unspecified atom stereocenters. The van der Waals surface area contributed by atoms with Crippen molar-refractivity contribution < 1.29 is 14.3 Å². The SMILES string of the molecule is O=CO/C=C/C(=O)c1ccccc1. The first kappa shape index (κ1) is 9.19. The minimum Gasteiger partial charge on any atom is -0.437 e. The Bertz CT molecular complexity index is 314. The number of benzene rings is 1. The van der Waals surface area contributed by atoms with Crippen molar-refractivity contribution in [2.24, 2.45) is 0 Å². The van der Waals surface area contributed by atoms with Crippen LogP contribution in [0.3, 0.4) is 0 Å². The van der Waals surface area contributed by atoms with Crippen LogP contribution in [0.2, 0.25) is 0 Å². The fourth-order valence-electron chi connectivity index (χ4n) is 0.832. The van der Waals surface area contributed by atoms with E-state index >= 15 is 0 Å².